The van der Waals surface area contributed by atoms with Crippen molar-refractivity contribution in [2.45, 2.75) is 279 Å². The molecule has 0 amide bonds. The first-order chi connectivity index (χ1) is 40.0. The summed E-state index contributed by atoms with van der Waals surface area (Å²) in [5.41, 5.74) is -3.46. The first-order valence-corrected chi connectivity index (χ1v) is 30.8. The third kappa shape index (κ3) is 12.0. The number of esters is 1. The summed E-state index contributed by atoms with van der Waals surface area (Å²) in [5.74, 6) is -1.64. The van der Waals surface area contributed by atoms with E-state index >= 15 is 0 Å². The van der Waals surface area contributed by atoms with Crippen LogP contribution in [0.1, 0.15) is 143 Å². The van der Waals surface area contributed by atoms with Crippen LogP contribution in [0.2, 0.25) is 0 Å². The molecule has 4 aliphatic carbocycles. The fourth-order valence-corrected chi connectivity index (χ4v) is 16.6. The summed E-state index contributed by atoms with van der Waals surface area (Å²) < 4.78 is 101. The van der Waals surface area contributed by atoms with Crippen molar-refractivity contribution in [3.63, 3.8) is 0 Å². The SMILES string of the molecule is CO[C@@H]1C[C@H](O[C@H]2[C@@H](C)O[C@@H](O[C@H]3[C@@H](C)O[C@@H](O[C@H]4[C@@H](C)O[C@@H](O[C@H]5[C@@H](C)O[C@@H](O[C@@H]6CC[C@@]7(C)C(=CC[C@@]8(O)[C@@H]7C[C@H](OC(=O)c7ccccc7)[C@]7(C)[C@H](C(C)=O)CC[C@]78O)C6)C[C@H]5OC)C[C@H]4OC)C[C@H]3OC)C[C@H]2OC)O[C@H](C)[C@@H]1O. The van der Waals surface area contributed by atoms with Gasteiger partial charge in [0.15, 0.2) is 31.5 Å². The Morgan fingerprint density at radius 3 is 1.43 bits per heavy atom. The highest BCUT2D eigenvalue weighted by atomic mass is 16.8. The topological polar surface area (TPSA) is 243 Å². The summed E-state index contributed by atoms with van der Waals surface area (Å²) in [7, 11) is 8.16. The zero-order chi connectivity index (χ0) is 60.2. The number of rotatable bonds is 18. The van der Waals surface area contributed by atoms with Gasteiger partial charge in [-0.2, -0.15) is 0 Å². The van der Waals surface area contributed by atoms with Crippen LogP contribution in [0.15, 0.2) is 42.0 Å². The lowest BCUT2D eigenvalue weighted by Gasteiger charge is -2.66. The number of benzene rings is 1. The summed E-state index contributed by atoms with van der Waals surface area (Å²) in [5, 5.41) is 36.5. The molecule has 5 aliphatic heterocycles. The summed E-state index contributed by atoms with van der Waals surface area (Å²) in [6.07, 6.45) is -4.08. The van der Waals surface area contributed by atoms with Gasteiger partial charge in [-0.3, -0.25) is 4.79 Å². The van der Waals surface area contributed by atoms with Crippen molar-refractivity contribution in [1.82, 2.24) is 0 Å². The van der Waals surface area contributed by atoms with Crippen LogP contribution in [0.4, 0.5) is 0 Å². The van der Waals surface area contributed by atoms with Crippen LogP contribution in [0.3, 0.4) is 0 Å². The predicted molar refractivity (Wildman–Crippen MR) is 299 cm³/mol. The normalized spacial score (nSPS) is 48.7. The minimum atomic E-state index is -1.68. The van der Waals surface area contributed by atoms with Gasteiger partial charge in [0.1, 0.15) is 53.6 Å². The van der Waals surface area contributed by atoms with E-state index in [-0.39, 0.29) is 36.9 Å². The molecular formula is C63H96O21. The smallest absolute Gasteiger partial charge is 0.338 e. The van der Waals surface area contributed by atoms with Crippen LogP contribution >= 0.6 is 0 Å². The minimum absolute atomic E-state index is 0.0854. The number of hydrogen-bond donors (Lipinski definition) is 3. The number of ketones is 1. The number of fused-ring (bicyclic) bond motifs is 5. The van der Waals surface area contributed by atoms with Gasteiger partial charge in [0.2, 0.25) is 0 Å². The highest BCUT2D eigenvalue weighted by molar-refractivity contribution is 5.89. The van der Waals surface area contributed by atoms with Crippen LogP contribution in [0.25, 0.3) is 0 Å². The molecule has 84 heavy (non-hydrogen) atoms. The number of Topliss-reactive ketones (excluding diaryl/α,β-unsaturated/α-hetero) is 1. The van der Waals surface area contributed by atoms with Crippen LogP contribution < -0.4 is 0 Å². The summed E-state index contributed by atoms with van der Waals surface area (Å²) in [6.45, 7) is 15.1. The van der Waals surface area contributed by atoms with E-state index in [9.17, 15) is 24.9 Å². The molecule has 0 radical (unpaired) electrons. The van der Waals surface area contributed by atoms with Gasteiger partial charge in [0.05, 0.1) is 72.7 Å². The van der Waals surface area contributed by atoms with E-state index in [1.165, 1.54) is 6.92 Å². The Bertz CT molecular complexity index is 2420. The monoisotopic (exact) mass is 1190 g/mol. The van der Waals surface area contributed by atoms with Crippen molar-refractivity contribution < 1.29 is 101 Å². The van der Waals surface area contributed by atoms with Crippen molar-refractivity contribution in [3.05, 3.63) is 47.5 Å². The molecule has 8 fully saturated rings. The quantitative estimate of drug-likeness (QED) is 0.109. The predicted octanol–water partition coefficient (Wildman–Crippen LogP) is 6.26. The van der Waals surface area contributed by atoms with E-state index in [4.69, 9.17) is 75.8 Å². The second-order valence-corrected chi connectivity index (χ2v) is 26.0. The van der Waals surface area contributed by atoms with Gasteiger partial charge >= 0.3 is 5.97 Å². The average molecular weight is 1190 g/mol. The molecule has 21 heteroatoms. The standard InChI is InChI=1S/C63H96O21/c1-32(64)41-21-24-63(68)61(41,8)48(80-59(66)38-17-15-14-16-18-38)31-47-60(7)22-20-40(25-39(60)19-23-62(47,63)67)79-49-27-43(70-10)55(34(3)75-49)82-51-29-45(72-12)57(36(5)77-51)84-53-30-46(73-13)58(37(6)78-53)83-52-28-44(71-11)56(35(4)76-52)81-50-26-42(69-9)54(65)33(2)74-50/h14-19,33-37,40-58,65,67-68H,20-31H2,1-13H3/t33-,34-,35-,36-,37-,40-,41+,42-,43-,44-,45-,46-,47-,48+,49+,50+,51+,52+,53+,54+,55+,56+,57+,58+,60+,61+,62-,63+/m1/s1. The number of methoxy groups -OCH3 is 5. The Kier molecular flexibility index (Phi) is 20.0. The molecule has 0 bridgehead atoms. The Balaban J connectivity index is 0.718. The first kappa shape index (κ1) is 64.4. The number of aliphatic hydroxyl groups is 3. The minimum Gasteiger partial charge on any atom is -0.458 e. The van der Waals surface area contributed by atoms with Gasteiger partial charge in [-0.15, -0.1) is 0 Å². The molecule has 5 heterocycles. The molecule has 0 spiro atoms. The zero-order valence-corrected chi connectivity index (χ0v) is 51.5. The number of aliphatic hydroxyl groups excluding tert-OH is 1. The van der Waals surface area contributed by atoms with Crippen molar-refractivity contribution in [2.24, 2.45) is 22.7 Å². The zero-order valence-electron chi connectivity index (χ0n) is 51.5. The summed E-state index contributed by atoms with van der Waals surface area (Å²) in [6, 6.07) is 8.78. The van der Waals surface area contributed by atoms with E-state index < -0.39 is 157 Å². The lowest BCUT2D eigenvalue weighted by Crippen LogP contribution is -2.75. The van der Waals surface area contributed by atoms with Gasteiger partial charge in [-0.1, -0.05) is 43.7 Å². The van der Waals surface area contributed by atoms with Gasteiger partial charge in [-0.05, 0) is 104 Å². The highest BCUT2D eigenvalue weighted by Gasteiger charge is 2.77. The summed E-state index contributed by atoms with van der Waals surface area (Å²) >= 11 is 0. The second kappa shape index (κ2) is 26.1. The van der Waals surface area contributed by atoms with Gasteiger partial charge < -0.3 is 91.1 Å². The Morgan fingerprint density at radius 2 is 0.988 bits per heavy atom. The molecule has 5 saturated heterocycles. The maximum atomic E-state index is 13.8. The molecule has 3 N–H and O–H groups in total. The lowest BCUT2D eigenvalue weighted by molar-refractivity contribution is -0.352. The van der Waals surface area contributed by atoms with Gasteiger partial charge in [-0.25, -0.2) is 4.79 Å². The maximum Gasteiger partial charge on any atom is 0.338 e. The van der Waals surface area contributed by atoms with Crippen molar-refractivity contribution >= 4 is 11.8 Å². The number of carbonyl (C=O) groups is 2. The van der Waals surface area contributed by atoms with E-state index in [2.05, 4.69) is 13.0 Å². The number of hydrogen-bond acceptors (Lipinski definition) is 21. The first-order valence-electron chi connectivity index (χ1n) is 30.8. The molecule has 21 nitrogen and oxygen atoms in total. The third-order valence-electron chi connectivity index (χ3n) is 21.4. The fourth-order valence-electron chi connectivity index (χ4n) is 16.6. The number of ether oxygens (including phenoxy) is 16. The molecule has 474 valence electrons. The lowest BCUT2D eigenvalue weighted by atomic mass is 9.43. The summed E-state index contributed by atoms with van der Waals surface area (Å²) in [4.78, 5) is 27.0. The van der Waals surface area contributed by atoms with Gasteiger partial charge in [0.25, 0.3) is 0 Å². The largest absolute Gasteiger partial charge is 0.458 e. The highest BCUT2D eigenvalue weighted by Crippen LogP contribution is 2.70. The second-order valence-electron chi connectivity index (χ2n) is 26.0. The van der Waals surface area contributed by atoms with Crippen LogP contribution in [-0.2, 0) is 80.6 Å². The molecule has 1 aromatic carbocycles. The maximum absolute atomic E-state index is 13.8. The van der Waals surface area contributed by atoms with E-state index in [0.29, 0.717) is 69.8 Å². The van der Waals surface area contributed by atoms with Crippen molar-refractivity contribution in [1.29, 1.82) is 0 Å². The van der Waals surface area contributed by atoms with Crippen molar-refractivity contribution in [2.75, 3.05) is 35.5 Å². The average Bonchev–Trinajstić information content (AvgIpc) is 1.30. The van der Waals surface area contributed by atoms with E-state index in [1.807, 2.05) is 40.7 Å². The van der Waals surface area contributed by atoms with Crippen LogP contribution in [-0.4, -0.2) is 209 Å². The molecule has 0 unspecified atom stereocenters. The van der Waals surface area contributed by atoms with E-state index in [0.717, 1.165) is 5.57 Å². The molecule has 0 aromatic heterocycles. The third-order valence-corrected chi connectivity index (χ3v) is 21.4. The van der Waals surface area contributed by atoms with Crippen molar-refractivity contribution in [3.8, 4) is 0 Å². The Labute approximate surface area is 495 Å². The molecule has 1 aromatic rings. The van der Waals surface area contributed by atoms with Crippen LogP contribution in [0.5, 0.6) is 0 Å². The Hall–Kier alpha value is -2.62. The number of carbonyl (C=O) groups excluding carboxylic acids is 2. The molecule has 3 saturated carbocycles. The molecular weight excluding hydrogens is 1090 g/mol. The molecule has 28 atom stereocenters. The molecule has 9 aliphatic rings. The van der Waals surface area contributed by atoms with Crippen LogP contribution in [0, 0.1) is 22.7 Å². The van der Waals surface area contributed by atoms with Gasteiger partial charge in [0, 0.05) is 84.9 Å². The Morgan fingerprint density at radius 1 is 0.560 bits per heavy atom. The van der Waals surface area contributed by atoms with E-state index in [1.54, 1.807) is 66.7 Å². The fraction of sp³-hybridized carbons (Fsp3) is 0.841. The molecule has 10 rings (SSSR count).